The Hall–Kier alpha value is -1.76. The van der Waals surface area contributed by atoms with Crippen LogP contribution in [0.2, 0.25) is 0 Å². The van der Waals surface area contributed by atoms with Crippen LogP contribution in [0, 0.1) is 0 Å². The molecule has 0 aromatic heterocycles. The van der Waals surface area contributed by atoms with Gasteiger partial charge in [-0.15, -0.1) is 24.0 Å². The van der Waals surface area contributed by atoms with Crippen molar-refractivity contribution in [2.75, 3.05) is 27.2 Å². The Labute approximate surface area is 167 Å². The van der Waals surface area contributed by atoms with Crippen LogP contribution in [0.4, 0.5) is 0 Å². The van der Waals surface area contributed by atoms with Crippen molar-refractivity contribution in [3.63, 3.8) is 0 Å². The van der Waals surface area contributed by atoms with E-state index in [2.05, 4.69) is 64.7 Å². The highest BCUT2D eigenvalue weighted by Gasteiger charge is 2.12. The van der Waals surface area contributed by atoms with Crippen LogP contribution in [-0.2, 0) is 19.4 Å². The SMILES string of the molecule is CN=C(NCCc1ccc2c(c1)CCO2)N(C)Cc1ccccc1.I. The molecule has 0 fully saturated rings. The number of benzene rings is 2. The fraction of sp³-hybridized carbons (Fsp3) is 0.350. The summed E-state index contributed by atoms with van der Waals surface area (Å²) in [4.78, 5) is 6.53. The number of fused-ring (bicyclic) bond motifs is 1. The van der Waals surface area contributed by atoms with E-state index in [9.17, 15) is 0 Å². The standard InChI is InChI=1S/C20H25N3O.HI/c1-21-20(23(2)15-17-6-4-3-5-7-17)22-12-10-16-8-9-19-18(14-16)11-13-24-19;/h3-9,14H,10-13,15H2,1-2H3,(H,21,22);1H. The zero-order chi connectivity index (χ0) is 16.8. The van der Waals surface area contributed by atoms with Crippen molar-refractivity contribution in [2.24, 2.45) is 4.99 Å². The Balaban J connectivity index is 0.00000225. The van der Waals surface area contributed by atoms with Crippen molar-refractivity contribution in [1.82, 2.24) is 10.2 Å². The van der Waals surface area contributed by atoms with Gasteiger partial charge < -0.3 is 15.0 Å². The predicted octanol–water partition coefficient (Wildman–Crippen LogP) is 3.49. The number of halogens is 1. The minimum absolute atomic E-state index is 0. The monoisotopic (exact) mass is 451 g/mol. The first-order chi connectivity index (χ1) is 11.8. The molecule has 0 unspecified atom stereocenters. The van der Waals surface area contributed by atoms with Crippen LogP contribution in [0.3, 0.4) is 0 Å². The summed E-state index contributed by atoms with van der Waals surface area (Å²) in [7, 11) is 3.89. The van der Waals surface area contributed by atoms with Gasteiger partial charge in [0, 0.05) is 33.6 Å². The van der Waals surface area contributed by atoms with Gasteiger partial charge in [0.05, 0.1) is 6.61 Å². The van der Waals surface area contributed by atoms with E-state index in [-0.39, 0.29) is 24.0 Å². The lowest BCUT2D eigenvalue weighted by Gasteiger charge is -2.22. The highest BCUT2D eigenvalue weighted by molar-refractivity contribution is 14.0. The van der Waals surface area contributed by atoms with Crippen LogP contribution in [0.25, 0.3) is 0 Å². The Morgan fingerprint density at radius 2 is 1.96 bits per heavy atom. The third kappa shape index (κ3) is 5.36. The molecule has 0 atom stereocenters. The van der Waals surface area contributed by atoms with Crippen LogP contribution in [0.5, 0.6) is 5.75 Å². The van der Waals surface area contributed by atoms with E-state index in [0.29, 0.717) is 0 Å². The predicted molar refractivity (Wildman–Crippen MR) is 114 cm³/mol. The highest BCUT2D eigenvalue weighted by atomic mass is 127. The summed E-state index contributed by atoms with van der Waals surface area (Å²) in [5, 5.41) is 3.45. The van der Waals surface area contributed by atoms with E-state index in [1.807, 2.05) is 13.1 Å². The van der Waals surface area contributed by atoms with Gasteiger partial charge in [-0.1, -0.05) is 42.5 Å². The van der Waals surface area contributed by atoms with Gasteiger partial charge >= 0.3 is 0 Å². The Morgan fingerprint density at radius 1 is 1.16 bits per heavy atom. The van der Waals surface area contributed by atoms with E-state index in [1.165, 1.54) is 16.7 Å². The van der Waals surface area contributed by atoms with E-state index in [1.54, 1.807) is 0 Å². The van der Waals surface area contributed by atoms with E-state index in [0.717, 1.165) is 44.2 Å². The number of hydrogen-bond acceptors (Lipinski definition) is 2. The Bertz CT molecular complexity index is 703. The molecule has 0 bridgehead atoms. The van der Waals surface area contributed by atoms with Crippen LogP contribution in [-0.4, -0.2) is 38.1 Å². The number of ether oxygens (including phenoxy) is 1. The fourth-order valence-electron chi connectivity index (χ4n) is 3.03. The topological polar surface area (TPSA) is 36.9 Å². The summed E-state index contributed by atoms with van der Waals surface area (Å²) in [5.41, 5.74) is 3.95. The van der Waals surface area contributed by atoms with Crippen molar-refractivity contribution in [3.05, 3.63) is 65.2 Å². The lowest BCUT2D eigenvalue weighted by Crippen LogP contribution is -2.39. The fourth-order valence-corrected chi connectivity index (χ4v) is 3.03. The Kier molecular flexibility index (Phi) is 7.55. The minimum atomic E-state index is 0. The lowest BCUT2D eigenvalue weighted by atomic mass is 10.1. The van der Waals surface area contributed by atoms with E-state index < -0.39 is 0 Å². The summed E-state index contributed by atoms with van der Waals surface area (Å²) < 4.78 is 5.56. The quantitative estimate of drug-likeness (QED) is 0.430. The average Bonchev–Trinajstić information content (AvgIpc) is 3.07. The number of guanidine groups is 1. The molecule has 134 valence electrons. The summed E-state index contributed by atoms with van der Waals surface area (Å²) in [6.45, 7) is 2.52. The van der Waals surface area contributed by atoms with Crippen molar-refractivity contribution < 1.29 is 4.74 Å². The van der Waals surface area contributed by atoms with Gasteiger partial charge in [-0.3, -0.25) is 4.99 Å². The van der Waals surface area contributed by atoms with E-state index >= 15 is 0 Å². The second-order valence-electron chi connectivity index (χ2n) is 6.11. The summed E-state index contributed by atoms with van der Waals surface area (Å²) in [6, 6.07) is 17.0. The first-order valence-electron chi connectivity index (χ1n) is 8.46. The molecular formula is C20H26IN3O. The van der Waals surface area contributed by atoms with Crippen molar-refractivity contribution in [1.29, 1.82) is 0 Å². The molecule has 0 spiro atoms. The second kappa shape index (κ2) is 9.65. The van der Waals surface area contributed by atoms with Gasteiger partial charge in [-0.2, -0.15) is 0 Å². The largest absolute Gasteiger partial charge is 0.493 e. The smallest absolute Gasteiger partial charge is 0.193 e. The molecular weight excluding hydrogens is 425 g/mol. The molecule has 1 N–H and O–H groups in total. The number of nitrogens with zero attached hydrogens (tertiary/aromatic N) is 2. The third-order valence-corrected chi connectivity index (χ3v) is 4.29. The maximum Gasteiger partial charge on any atom is 0.193 e. The number of rotatable bonds is 5. The van der Waals surface area contributed by atoms with E-state index in [4.69, 9.17) is 4.74 Å². The second-order valence-corrected chi connectivity index (χ2v) is 6.11. The number of nitrogens with one attached hydrogen (secondary N) is 1. The molecule has 1 aliphatic rings. The summed E-state index contributed by atoms with van der Waals surface area (Å²) >= 11 is 0. The van der Waals surface area contributed by atoms with Crippen molar-refractivity contribution in [2.45, 2.75) is 19.4 Å². The molecule has 0 amide bonds. The van der Waals surface area contributed by atoms with Crippen molar-refractivity contribution >= 4 is 29.9 Å². The maximum atomic E-state index is 5.56. The molecule has 2 aromatic rings. The van der Waals surface area contributed by atoms with Gasteiger partial charge in [0.15, 0.2) is 5.96 Å². The first-order valence-corrected chi connectivity index (χ1v) is 8.46. The molecule has 0 radical (unpaired) electrons. The normalized spacial score (nSPS) is 12.8. The van der Waals surface area contributed by atoms with Crippen LogP contribution < -0.4 is 10.1 Å². The zero-order valence-corrected chi connectivity index (χ0v) is 17.2. The summed E-state index contributed by atoms with van der Waals surface area (Å²) in [6.07, 6.45) is 2.00. The molecule has 3 rings (SSSR count). The Morgan fingerprint density at radius 3 is 2.72 bits per heavy atom. The van der Waals surface area contributed by atoms with Gasteiger partial charge in [0.1, 0.15) is 5.75 Å². The number of aliphatic imine (C=N–C) groups is 1. The lowest BCUT2D eigenvalue weighted by molar-refractivity contribution is 0.357. The molecule has 2 aromatic carbocycles. The van der Waals surface area contributed by atoms with Crippen LogP contribution in [0.1, 0.15) is 16.7 Å². The van der Waals surface area contributed by atoms with Gasteiger partial charge in [-0.25, -0.2) is 0 Å². The molecule has 5 heteroatoms. The number of hydrogen-bond donors (Lipinski definition) is 1. The summed E-state index contributed by atoms with van der Waals surface area (Å²) in [5.74, 6) is 1.97. The highest BCUT2D eigenvalue weighted by Crippen LogP contribution is 2.25. The van der Waals surface area contributed by atoms with Crippen LogP contribution in [0.15, 0.2) is 53.5 Å². The molecule has 1 aliphatic heterocycles. The minimum Gasteiger partial charge on any atom is -0.493 e. The molecule has 0 aliphatic carbocycles. The average molecular weight is 451 g/mol. The molecule has 0 saturated carbocycles. The van der Waals surface area contributed by atoms with Crippen molar-refractivity contribution in [3.8, 4) is 5.75 Å². The maximum absolute atomic E-state index is 5.56. The third-order valence-electron chi connectivity index (χ3n) is 4.29. The van der Waals surface area contributed by atoms with Crippen LogP contribution >= 0.6 is 24.0 Å². The van der Waals surface area contributed by atoms with Gasteiger partial charge in [0.25, 0.3) is 0 Å². The molecule has 1 heterocycles. The zero-order valence-electron chi connectivity index (χ0n) is 14.9. The van der Waals surface area contributed by atoms with Gasteiger partial charge in [-0.05, 0) is 29.2 Å². The molecule has 0 saturated heterocycles. The van der Waals surface area contributed by atoms with Gasteiger partial charge in [0.2, 0.25) is 0 Å². The molecule has 4 nitrogen and oxygen atoms in total. The molecule has 25 heavy (non-hydrogen) atoms. The first kappa shape index (κ1) is 19.6.